The van der Waals surface area contributed by atoms with E-state index < -0.39 is 8.32 Å². The highest BCUT2D eigenvalue weighted by molar-refractivity contribution is 6.69. The van der Waals surface area contributed by atoms with Crippen LogP contribution in [0.25, 0.3) is 0 Å². The molecule has 1 aliphatic carbocycles. The van der Waals surface area contributed by atoms with Crippen LogP contribution in [0.4, 0.5) is 0 Å². The second kappa shape index (κ2) is 4.94. The summed E-state index contributed by atoms with van der Waals surface area (Å²) in [6.07, 6.45) is 3.14. The normalized spacial score (nSPS) is 30.8. The molecule has 0 radical (unpaired) electrons. The van der Waals surface area contributed by atoms with E-state index >= 15 is 0 Å². The molecule has 1 rings (SSSR count). The average Bonchev–Trinajstić information content (AvgIpc) is 2.41. The Bertz CT molecular complexity index is 255. The van der Waals surface area contributed by atoms with E-state index in [2.05, 4.69) is 61.2 Å². The van der Waals surface area contributed by atoms with E-state index in [-0.39, 0.29) is 0 Å². The van der Waals surface area contributed by atoms with Crippen molar-refractivity contribution in [3.8, 4) is 0 Å². The molecule has 18 heavy (non-hydrogen) atoms. The highest BCUT2D eigenvalue weighted by Crippen LogP contribution is 2.50. The largest absolute Gasteiger partial charge is 0.414 e. The Morgan fingerprint density at radius 2 is 1.11 bits per heavy atom. The van der Waals surface area contributed by atoms with Gasteiger partial charge in [0.05, 0.1) is 6.10 Å². The van der Waals surface area contributed by atoms with Gasteiger partial charge >= 0.3 is 0 Å². The molecule has 0 heterocycles. The first-order valence-electron chi connectivity index (χ1n) is 7.50. The van der Waals surface area contributed by atoms with Crippen LogP contribution in [0.3, 0.4) is 0 Å². The summed E-state index contributed by atoms with van der Waals surface area (Å²) in [5.41, 5.74) is 0.731. The summed E-state index contributed by atoms with van der Waals surface area (Å²) in [6, 6.07) is 0. The molecular weight excluding hydrogens is 236 g/mol. The topological polar surface area (TPSA) is 9.23 Å². The standard InChI is InChI=1S/C16H34OSi/c1-15(2,3)12-10-11-13(16(4,5)6)14(12)17-18(7,8)9/h12-14H,10-11H2,1-9H3. The summed E-state index contributed by atoms with van der Waals surface area (Å²) in [7, 11) is -1.46. The van der Waals surface area contributed by atoms with Gasteiger partial charge in [0.2, 0.25) is 0 Å². The van der Waals surface area contributed by atoms with Gasteiger partial charge in [-0.3, -0.25) is 0 Å². The van der Waals surface area contributed by atoms with Crippen LogP contribution in [0.15, 0.2) is 0 Å². The van der Waals surface area contributed by atoms with E-state index in [1.54, 1.807) is 0 Å². The Morgan fingerprint density at radius 1 is 0.778 bits per heavy atom. The summed E-state index contributed by atoms with van der Waals surface area (Å²) < 4.78 is 6.62. The molecule has 0 aromatic heterocycles. The second-order valence-corrected chi connectivity index (χ2v) is 13.7. The fourth-order valence-electron chi connectivity index (χ4n) is 3.39. The van der Waals surface area contributed by atoms with E-state index in [0.29, 0.717) is 28.8 Å². The van der Waals surface area contributed by atoms with Crippen molar-refractivity contribution in [3.63, 3.8) is 0 Å². The predicted molar refractivity (Wildman–Crippen MR) is 83.3 cm³/mol. The molecule has 0 aromatic rings. The van der Waals surface area contributed by atoms with Gasteiger partial charge in [-0.05, 0) is 55.1 Å². The van der Waals surface area contributed by atoms with Gasteiger partial charge in [0.25, 0.3) is 0 Å². The minimum absolute atomic E-state index is 0.365. The molecule has 0 N–H and O–H groups in total. The lowest BCUT2D eigenvalue weighted by Crippen LogP contribution is -2.44. The molecule has 2 heteroatoms. The third-order valence-corrected chi connectivity index (χ3v) is 5.28. The number of hydrogen-bond acceptors (Lipinski definition) is 1. The lowest BCUT2D eigenvalue weighted by atomic mass is 9.73. The molecule has 2 unspecified atom stereocenters. The van der Waals surface area contributed by atoms with Gasteiger partial charge in [0.15, 0.2) is 8.32 Å². The van der Waals surface area contributed by atoms with Crippen molar-refractivity contribution in [2.24, 2.45) is 22.7 Å². The first-order chi connectivity index (χ1) is 7.82. The van der Waals surface area contributed by atoms with Gasteiger partial charge in [0.1, 0.15) is 0 Å². The fraction of sp³-hybridized carbons (Fsp3) is 1.00. The van der Waals surface area contributed by atoms with Crippen molar-refractivity contribution < 1.29 is 4.43 Å². The Labute approximate surface area is 116 Å². The maximum Gasteiger partial charge on any atom is 0.184 e. The van der Waals surface area contributed by atoms with Crippen LogP contribution in [-0.2, 0) is 4.43 Å². The summed E-state index contributed by atoms with van der Waals surface area (Å²) in [4.78, 5) is 0. The summed E-state index contributed by atoms with van der Waals surface area (Å²) in [5.74, 6) is 1.43. The SMILES string of the molecule is CC(C)(C)C1CCC(C(C)(C)C)C1O[Si](C)(C)C. The number of hydrogen-bond donors (Lipinski definition) is 0. The maximum absolute atomic E-state index is 6.62. The molecule has 0 aliphatic heterocycles. The summed E-state index contributed by atoms with van der Waals surface area (Å²) >= 11 is 0. The van der Waals surface area contributed by atoms with Crippen molar-refractivity contribution in [1.82, 2.24) is 0 Å². The van der Waals surface area contributed by atoms with Gasteiger partial charge in [-0.1, -0.05) is 41.5 Å². The zero-order valence-corrected chi connectivity index (χ0v) is 15.1. The summed E-state index contributed by atoms with van der Waals surface area (Å²) in [6.45, 7) is 21.2. The molecule has 0 bridgehead atoms. The van der Waals surface area contributed by atoms with E-state index in [9.17, 15) is 0 Å². The third kappa shape index (κ3) is 4.09. The highest BCUT2D eigenvalue weighted by Gasteiger charge is 2.48. The van der Waals surface area contributed by atoms with Crippen LogP contribution in [0.5, 0.6) is 0 Å². The lowest BCUT2D eigenvalue weighted by Gasteiger charge is -2.41. The molecule has 0 aromatic carbocycles. The van der Waals surface area contributed by atoms with Crippen molar-refractivity contribution in [3.05, 3.63) is 0 Å². The Morgan fingerprint density at radius 3 is 1.33 bits per heavy atom. The first-order valence-corrected chi connectivity index (χ1v) is 10.9. The van der Waals surface area contributed by atoms with Crippen LogP contribution in [0, 0.1) is 22.7 Å². The zero-order valence-electron chi connectivity index (χ0n) is 14.1. The molecule has 0 saturated heterocycles. The van der Waals surface area contributed by atoms with Crippen LogP contribution in [0.2, 0.25) is 19.6 Å². The van der Waals surface area contributed by atoms with Gasteiger partial charge in [-0.15, -0.1) is 0 Å². The van der Waals surface area contributed by atoms with Gasteiger partial charge in [-0.2, -0.15) is 0 Å². The van der Waals surface area contributed by atoms with Crippen LogP contribution in [-0.4, -0.2) is 14.4 Å². The van der Waals surface area contributed by atoms with E-state index in [1.807, 2.05) is 0 Å². The molecule has 1 fully saturated rings. The van der Waals surface area contributed by atoms with Crippen LogP contribution < -0.4 is 0 Å². The Kier molecular flexibility index (Phi) is 4.45. The highest BCUT2D eigenvalue weighted by atomic mass is 28.4. The lowest BCUT2D eigenvalue weighted by molar-refractivity contribution is 0.0194. The molecular formula is C16H34OSi. The van der Waals surface area contributed by atoms with Crippen molar-refractivity contribution in [1.29, 1.82) is 0 Å². The molecule has 0 amide bonds. The van der Waals surface area contributed by atoms with Gasteiger partial charge in [-0.25, -0.2) is 0 Å². The smallest absolute Gasteiger partial charge is 0.184 e. The average molecular weight is 271 g/mol. The van der Waals surface area contributed by atoms with Crippen molar-refractivity contribution in [2.45, 2.75) is 80.1 Å². The van der Waals surface area contributed by atoms with Gasteiger partial charge in [0, 0.05) is 0 Å². The van der Waals surface area contributed by atoms with Crippen LogP contribution in [0.1, 0.15) is 54.4 Å². The molecule has 0 spiro atoms. The monoisotopic (exact) mass is 270 g/mol. The third-order valence-electron chi connectivity index (χ3n) is 4.30. The molecule has 1 nitrogen and oxygen atoms in total. The zero-order chi connectivity index (χ0) is 14.4. The molecule has 2 atom stereocenters. The minimum atomic E-state index is -1.46. The second-order valence-electron chi connectivity index (χ2n) is 9.22. The van der Waals surface area contributed by atoms with Crippen molar-refractivity contribution >= 4 is 8.32 Å². The molecule has 1 saturated carbocycles. The molecule has 108 valence electrons. The molecule has 1 aliphatic rings. The van der Waals surface area contributed by atoms with Crippen molar-refractivity contribution in [2.75, 3.05) is 0 Å². The fourth-order valence-corrected chi connectivity index (χ4v) is 4.54. The quantitative estimate of drug-likeness (QED) is 0.617. The Hall–Kier alpha value is 0.177. The Balaban J connectivity index is 2.97. The predicted octanol–water partition coefficient (Wildman–Crippen LogP) is 5.32. The first kappa shape index (κ1) is 16.2. The minimum Gasteiger partial charge on any atom is -0.414 e. The van der Waals surface area contributed by atoms with Gasteiger partial charge < -0.3 is 4.43 Å². The number of rotatable bonds is 2. The van der Waals surface area contributed by atoms with E-state index in [4.69, 9.17) is 4.43 Å². The van der Waals surface area contributed by atoms with E-state index in [0.717, 1.165) is 0 Å². The van der Waals surface area contributed by atoms with Crippen LogP contribution >= 0.6 is 0 Å². The maximum atomic E-state index is 6.62. The van der Waals surface area contributed by atoms with E-state index in [1.165, 1.54) is 12.8 Å². The summed E-state index contributed by atoms with van der Waals surface area (Å²) in [5, 5.41) is 0.